The molecule has 0 bridgehead atoms. The van der Waals surface area contributed by atoms with E-state index in [0.717, 1.165) is 10.9 Å². The second-order valence-electron chi connectivity index (χ2n) is 2.69. The fourth-order valence-electron chi connectivity index (χ4n) is 1.19. The molecular weight excluding hydrogens is 182 g/mol. The summed E-state index contributed by atoms with van der Waals surface area (Å²) in [4.78, 5) is 15.0. The van der Waals surface area contributed by atoms with Crippen LogP contribution >= 0.6 is 12.6 Å². The van der Waals surface area contributed by atoms with Crippen LogP contribution in [0.1, 0.15) is 10.5 Å². The molecule has 0 aliphatic rings. The summed E-state index contributed by atoms with van der Waals surface area (Å²) in [5.41, 5.74) is 1.21. The van der Waals surface area contributed by atoms with E-state index < -0.39 is 0 Å². The van der Waals surface area contributed by atoms with Crippen molar-refractivity contribution in [3.05, 3.63) is 42.1 Å². The van der Waals surface area contributed by atoms with Crippen molar-refractivity contribution in [3.8, 4) is 0 Å². The van der Waals surface area contributed by atoms with Crippen molar-refractivity contribution < 1.29 is 4.79 Å². The number of aromatic nitrogens is 1. The second kappa shape index (κ2) is 3.18. The maximum absolute atomic E-state index is 10.9. The smallest absolute Gasteiger partial charge is 0.234 e. The van der Waals surface area contributed by atoms with Crippen LogP contribution in [0, 0.1) is 0 Å². The highest BCUT2D eigenvalue weighted by Gasteiger charge is 2.01. The number of thiol groups is 1. The van der Waals surface area contributed by atoms with Crippen LogP contribution in [0.15, 0.2) is 36.4 Å². The highest BCUT2D eigenvalue weighted by atomic mass is 32.1. The second-order valence-corrected chi connectivity index (χ2v) is 3.10. The zero-order valence-corrected chi connectivity index (χ0v) is 7.66. The van der Waals surface area contributed by atoms with Gasteiger partial charge in [0.25, 0.3) is 0 Å². The lowest BCUT2D eigenvalue weighted by Gasteiger charge is -1.97. The number of fused-ring (bicyclic) bond motifs is 1. The largest absolute Gasteiger partial charge is 0.280 e. The number of benzene rings is 1. The average Bonchev–Trinajstić information content (AvgIpc) is 2.17. The summed E-state index contributed by atoms with van der Waals surface area (Å²) in [7, 11) is 0. The standard InChI is InChI=1S/C10H7NOS/c12-10(13)9-6-5-7-3-1-2-4-8(7)11-9/h1-6H,(H,12,13). The molecule has 2 aromatic rings. The van der Waals surface area contributed by atoms with Crippen LogP contribution in [-0.4, -0.2) is 10.1 Å². The van der Waals surface area contributed by atoms with Crippen LogP contribution in [0.5, 0.6) is 0 Å². The van der Waals surface area contributed by atoms with E-state index in [1.165, 1.54) is 0 Å². The summed E-state index contributed by atoms with van der Waals surface area (Å²) >= 11 is 3.71. The SMILES string of the molecule is O=C(S)c1ccc2ccccc2n1. The molecule has 0 aliphatic heterocycles. The fraction of sp³-hybridized carbons (Fsp3) is 0. The van der Waals surface area contributed by atoms with Crippen LogP contribution in [0.2, 0.25) is 0 Å². The zero-order valence-electron chi connectivity index (χ0n) is 6.77. The minimum absolute atomic E-state index is 0.300. The topological polar surface area (TPSA) is 30.0 Å². The van der Waals surface area contributed by atoms with Crippen molar-refractivity contribution in [2.75, 3.05) is 0 Å². The first-order valence-electron chi connectivity index (χ1n) is 3.86. The molecule has 2 nitrogen and oxygen atoms in total. The Bertz CT molecular complexity index is 467. The van der Waals surface area contributed by atoms with Crippen molar-refractivity contribution in [1.29, 1.82) is 0 Å². The molecule has 0 saturated heterocycles. The van der Waals surface area contributed by atoms with Crippen LogP contribution in [0.3, 0.4) is 0 Å². The van der Waals surface area contributed by atoms with E-state index in [1.807, 2.05) is 30.3 Å². The molecule has 64 valence electrons. The van der Waals surface area contributed by atoms with E-state index in [0.29, 0.717) is 5.69 Å². The minimum Gasteiger partial charge on any atom is -0.280 e. The van der Waals surface area contributed by atoms with Crippen molar-refractivity contribution in [3.63, 3.8) is 0 Å². The summed E-state index contributed by atoms with van der Waals surface area (Å²) in [6.07, 6.45) is 0. The molecule has 3 heteroatoms. The highest BCUT2D eigenvalue weighted by Crippen LogP contribution is 2.12. The Labute approximate surface area is 81.0 Å². The molecule has 0 N–H and O–H groups in total. The van der Waals surface area contributed by atoms with Gasteiger partial charge < -0.3 is 0 Å². The normalized spacial score (nSPS) is 10.2. The molecule has 1 aromatic carbocycles. The van der Waals surface area contributed by atoms with Crippen molar-refractivity contribution in [2.45, 2.75) is 0 Å². The maximum atomic E-state index is 10.9. The number of nitrogens with zero attached hydrogens (tertiary/aromatic N) is 1. The molecule has 0 fully saturated rings. The third kappa shape index (κ3) is 1.55. The molecule has 0 atom stereocenters. The van der Waals surface area contributed by atoms with Gasteiger partial charge in [-0.25, -0.2) is 4.98 Å². The lowest BCUT2D eigenvalue weighted by molar-refractivity contribution is 0.108. The third-order valence-electron chi connectivity index (χ3n) is 1.82. The summed E-state index contributed by atoms with van der Waals surface area (Å²) in [5, 5.41) is 0.728. The van der Waals surface area contributed by atoms with Gasteiger partial charge in [-0.3, -0.25) is 4.79 Å². The number of hydrogen-bond donors (Lipinski definition) is 1. The van der Waals surface area contributed by atoms with Gasteiger partial charge in [0, 0.05) is 5.39 Å². The van der Waals surface area contributed by atoms with Gasteiger partial charge in [-0.1, -0.05) is 36.9 Å². The third-order valence-corrected chi connectivity index (χ3v) is 2.05. The Morgan fingerprint density at radius 3 is 2.69 bits per heavy atom. The predicted octanol–water partition coefficient (Wildman–Crippen LogP) is 2.30. The molecule has 0 aliphatic carbocycles. The summed E-state index contributed by atoms with van der Waals surface area (Å²) in [5.74, 6) is 0. The van der Waals surface area contributed by atoms with Gasteiger partial charge in [-0.05, 0) is 12.1 Å². The van der Waals surface area contributed by atoms with Gasteiger partial charge in [0.2, 0.25) is 5.12 Å². The first kappa shape index (κ1) is 8.26. The molecule has 0 radical (unpaired) electrons. The Morgan fingerprint density at radius 2 is 1.92 bits per heavy atom. The van der Waals surface area contributed by atoms with E-state index in [1.54, 1.807) is 6.07 Å². The molecular formula is C10H7NOS. The summed E-state index contributed by atoms with van der Waals surface area (Å²) < 4.78 is 0. The predicted molar refractivity (Wildman–Crippen MR) is 55.1 cm³/mol. The van der Waals surface area contributed by atoms with E-state index in [9.17, 15) is 4.79 Å². The molecule has 0 saturated carbocycles. The van der Waals surface area contributed by atoms with E-state index in [4.69, 9.17) is 0 Å². The van der Waals surface area contributed by atoms with E-state index >= 15 is 0 Å². The van der Waals surface area contributed by atoms with Gasteiger partial charge in [0.15, 0.2) is 0 Å². The minimum atomic E-state index is -0.300. The Morgan fingerprint density at radius 1 is 1.15 bits per heavy atom. The quantitative estimate of drug-likeness (QED) is 0.698. The Hall–Kier alpha value is -1.35. The van der Waals surface area contributed by atoms with Crippen molar-refractivity contribution in [1.82, 2.24) is 4.98 Å². The average molecular weight is 189 g/mol. The first-order valence-corrected chi connectivity index (χ1v) is 4.31. The summed E-state index contributed by atoms with van der Waals surface area (Å²) in [6, 6.07) is 11.2. The molecule has 0 amide bonds. The Kier molecular flexibility index (Phi) is 2.02. The fourth-order valence-corrected chi connectivity index (χ4v) is 1.31. The molecule has 1 aromatic heterocycles. The molecule has 0 unspecified atom stereocenters. The molecule has 0 spiro atoms. The first-order chi connectivity index (χ1) is 6.27. The number of rotatable bonds is 1. The monoisotopic (exact) mass is 189 g/mol. The number of para-hydroxylation sites is 1. The van der Waals surface area contributed by atoms with Crippen LogP contribution < -0.4 is 0 Å². The maximum Gasteiger partial charge on any atom is 0.234 e. The van der Waals surface area contributed by atoms with Crippen molar-refractivity contribution >= 4 is 28.6 Å². The molecule has 13 heavy (non-hydrogen) atoms. The van der Waals surface area contributed by atoms with Gasteiger partial charge in [0.1, 0.15) is 5.69 Å². The highest BCUT2D eigenvalue weighted by molar-refractivity contribution is 7.97. The van der Waals surface area contributed by atoms with Gasteiger partial charge in [-0.2, -0.15) is 0 Å². The molecule has 2 rings (SSSR count). The van der Waals surface area contributed by atoms with E-state index in [-0.39, 0.29) is 5.12 Å². The Balaban J connectivity index is 2.69. The van der Waals surface area contributed by atoms with Gasteiger partial charge in [-0.15, -0.1) is 0 Å². The van der Waals surface area contributed by atoms with E-state index in [2.05, 4.69) is 17.6 Å². The number of pyridine rings is 1. The number of carbonyl (C=O) groups is 1. The zero-order chi connectivity index (χ0) is 9.26. The van der Waals surface area contributed by atoms with Gasteiger partial charge in [0.05, 0.1) is 5.52 Å². The van der Waals surface area contributed by atoms with Crippen molar-refractivity contribution in [2.24, 2.45) is 0 Å². The van der Waals surface area contributed by atoms with Crippen LogP contribution in [0.25, 0.3) is 10.9 Å². The lowest BCUT2D eigenvalue weighted by atomic mass is 10.2. The van der Waals surface area contributed by atoms with Gasteiger partial charge >= 0.3 is 0 Å². The summed E-state index contributed by atoms with van der Waals surface area (Å²) in [6.45, 7) is 0. The molecule has 1 heterocycles. The van der Waals surface area contributed by atoms with Crippen LogP contribution in [-0.2, 0) is 0 Å². The van der Waals surface area contributed by atoms with Crippen LogP contribution in [0.4, 0.5) is 0 Å². The number of carbonyl (C=O) groups excluding carboxylic acids is 1. The number of hydrogen-bond acceptors (Lipinski definition) is 2. The lowest BCUT2D eigenvalue weighted by Crippen LogP contribution is -1.93.